The maximum atomic E-state index is 12.0. The van der Waals surface area contributed by atoms with E-state index in [2.05, 4.69) is 10.1 Å². The molecule has 0 fully saturated rings. The standard InChI is InChI=1S/C14H16F3NO4/c1-13(2,3)18-11(19)8-21-12(20)9-4-6-10(7-5-9)22-14(15,16)17/h4-7H,8H2,1-3H3,(H,18,19). The molecule has 8 heteroatoms. The number of alkyl halides is 3. The van der Waals surface area contributed by atoms with Crippen LogP contribution in [0.5, 0.6) is 5.75 Å². The molecule has 0 unspecified atom stereocenters. The number of nitrogens with one attached hydrogen (secondary N) is 1. The number of carbonyl (C=O) groups is 2. The van der Waals surface area contributed by atoms with Crippen molar-refractivity contribution < 1.29 is 32.2 Å². The lowest BCUT2D eigenvalue weighted by atomic mass is 10.1. The number of carbonyl (C=O) groups excluding carboxylic acids is 2. The molecule has 1 aromatic rings. The van der Waals surface area contributed by atoms with Crippen LogP contribution in [0.2, 0.25) is 0 Å². The van der Waals surface area contributed by atoms with Crippen molar-refractivity contribution in [2.24, 2.45) is 0 Å². The van der Waals surface area contributed by atoms with Gasteiger partial charge in [-0.05, 0) is 45.0 Å². The molecule has 5 nitrogen and oxygen atoms in total. The summed E-state index contributed by atoms with van der Waals surface area (Å²) in [7, 11) is 0. The summed E-state index contributed by atoms with van der Waals surface area (Å²) in [4.78, 5) is 23.1. The fourth-order valence-electron chi connectivity index (χ4n) is 1.46. The number of esters is 1. The number of benzene rings is 1. The Kier molecular flexibility index (Phi) is 5.40. The van der Waals surface area contributed by atoms with Crippen LogP contribution in [0.15, 0.2) is 24.3 Å². The van der Waals surface area contributed by atoms with E-state index in [1.165, 1.54) is 0 Å². The van der Waals surface area contributed by atoms with Gasteiger partial charge in [-0.3, -0.25) is 4.79 Å². The number of rotatable bonds is 4. The molecule has 0 saturated carbocycles. The van der Waals surface area contributed by atoms with Crippen LogP contribution in [0.4, 0.5) is 13.2 Å². The van der Waals surface area contributed by atoms with E-state index in [4.69, 9.17) is 4.74 Å². The van der Waals surface area contributed by atoms with E-state index < -0.39 is 36.1 Å². The number of hydrogen-bond acceptors (Lipinski definition) is 4. The summed E-state index contributed by atoms with van der Waals surface area (Å²) in [6.07, 6.45) is -4.80. The zero-order chi connectivity index (χ0) is 17.0. The third-order valence-electron chi connectivity index (χ3n) is 2.17. The van der Waals surface area contributed by atoms with Gasteiger partial charge in [0.1, 0.15) is 5.75 Å². The molecular formula is C14H16F3NO4. The number of ether oxygens (including phenoxy) is 2. The third-order valence-corrected chi connectivity index (χ3v) is 2.17. The summed E-state index contributed by atoms with van der Waals surface area (Å²) < 4.78 is 44.4. The minimum absolute atomic E-state index is 0.0121. The van der Waals surface area contributed by atoms with E-state index in [1.807, 2.05) is 0 Å². The van der Waals surface area contributed by atoms with Crippen LogP contribution in [0.3, 0.4) is 0 Å². The van der Waals surface area contributed by atoms with Crippen LogP contribution < -0.4 is 10.1 Å². The van der Waals surface area contributed by atoms with Gasteiger partial charge in [-0.2, -0.15) is 0 Å². The molecule has 0 aliphatic carbocycles. The Balaban J connectivity index is 2.54. The maximum Gasteiger partial charge on any atom is 0.573 e. The molecule has 1 rings (SSSR count). The average molecular weight is 319 g/mol. The van der Waals surface area contributed by atoms with Gasteiger partial charge in [-0.25, -0.2) is 4.79 Å². The van der Waals surface area contributed by atoms with Crippen molar-refractivity contribution in [2.45, 2.75) is 32.7 Å². The largest absolute Gasteiger partial charge is 0.573 e. The summed E-state index contributed by atoms with van der Waals surface area (Å²) in [6.45, 7) is 4.83. The van der Waals surface area contributed by atoms with Crippen LogP contribution in [-0.4, -0.2) is 30.4 Å². The molecule has 0 saturated heterocycles. The quantitative estimate of drug-likeness (QED) is 0.867. The predicted octanol–water partition coefficient (Wildman–Crippen LogP) is 2.66. The van der Waals surface area contributed by atoms with Crippen molar-refractivity contribution in [2.75, 3.05) is 6.61 Å². The second-order valence-electron chi connectivity index (χ2n) is 5.45. The van der Waals surface area contributed by atoms with Gasteiger partial charge in [-0.1, -0.05) is 0 Å². The van der Waals surface area contributed by atoms with E-state index in [0.717, 1.165) is 24.3 Å². The third kappa shape index (κ3) is 6.96. The van der Waals surface area contributed by atoms with Gasteiger partial charge in [0.05, 0.1) is 5.56 Å². The number of halogens is 3. The zero-order valence-electron chi connectivity index (χ0n) is 12.3. The minimum atomic E-state index is -4.80. The Bertz CT molecular complexity index is 533. The van der Waals surface area contributed by atoms with Crippen LogP contribution in [0.1, 0.15) is 31.1 Å². The smallest absolute Gasteiger partial charge is 0.452 e. The molecule has 0 spiro atoms. The van der Waals surface area contributed by atoms with Crippen LogP contribution in [0.25, 0.3) is 0 Å². The summed E-state index contributed by atoms with van der Waals surface area (Å²) in [5.41, 5.74) is -0.446. The van der Waals surface area contributed by atoms with Gasteiger partial charge in [-0.15, -0.1) is 13.2 Å². The van der Waals surface area contributed by atoms with E-state index in [-0.39, 0.29) is 5.56 Å². The van der Waals surface area contributed by atoms with Gasteiger partial charge >= 0.3 is 12.3 Å². The monoisotopic (exact) mass is 319 g/mol. The van der Waals surface area contributed by atoms with E-state index in [9.17, 15) is 22.8 Å². The summed E-state index contributed by atoms with van der Waals surface area (Å²) in [6, 6.07) is 4.20. The van der Waals surface area contributed by atoms with Crippen LogP contribution in [-0.2, 0) is 9.53 Å². The highest BCUT2D eigenvalue weighted by atomic mass is 19.4. The lowest BCUT2D eigenvalue weighted by molar-refractivity contribution is -0.274. The molecule has 0 aliphatic rings. The Morgan fingerprint density at radius 1 is 1.09 bits per heavy atom. The van der Waals surface area contributed by atoms with Crippen molar-refractivity contribution in [3.05, 3.63) is 29.8 Å². The Morgan fingerprint density at radius 3 is 2.09 bits per heavy atom. The fourth-order valence-corrected chi connectivity index (χ4v) is 1.46. The van der Waals surface area contributed by atoms with Gasteiger partial charge in [0.25, 0.3) is 5.91 Å². The van der Waals surface area contributed by atoms with E-state index in [0.29, 0.717) is 0 Å². The van der Waals surface area contributed by atoms with Crippen LogP contribution >= 0.6 is 0 Å². The molecule has 0 bridgehead atoms. The minimum Gasteiger partial charge on any atom is -0.452 e. The second kappa shape index (κ2) is 6.67. The van der Waals surface area contributed by atoms with E-state index in [1.54, 1.807) is 20.8 Å². The molecule has 0 aromatic heterocycles. The van der Waals surface area contributed by atoms with E-state index >= 15 is 0 Å². The molecular weight excluding hydrogens is 303 g/mol. The van der Waals surface area contributed by atoms with Crippen molar-refractivity contribution in [1.29, 1.82) is 0 Å². The highest BCUT2D eigenvalue weighted by Crippen LogP contribution is 2.22. The summed E-state index contributed by atoms with van der Waals surface area (Å²) in [5.74, 6) is -1.74. The molecule has 22 heavy (non-hydrogen) atoms. The molecule has 0 atom stereocenters. The Labute approximate surface area is 125 Å². The first kappa shape index (κ1) is 17.8. The van der Waals surface area contributed by atoms with Crippen LogP contribution in [0, 0.1) is 0 Å². The second-order valence-corrected chi connectivity index (χ2v) is 5.45. The molecule has 1 amide bonds. The lowest BCUT2D eigenvalue weighted by Gasteiger charge is -2.20. The lowest BCUT2D eigenvalue weighted by Crippen LogP contribution is -2.42. The molecule has 0 heterocycles. The van der Waals surface area contributed by atoms with Gasteiger partial charge in [0.15, 0.2) is 6.61 Å². The first-order valence-electron chi connectivity index (χ1n) is 6.30. The molecule has 0 aliphatic heterocycles. The fraction of sp³-hybridized carbons (Fsp3) is 0.429. The zero-order valence-corrected chi connectivity index (χ0v) is 12.3. The van der Waals surface area contributed by atoms with Gasteiger partial charge in [0, 0.05) is 5.54 Å². The number of hydrogen-bond donors (Lipinski definition) is 1. The Morgan fingerprint density at radius 2 is 1.64 bits per heavy atom. The van der Waals surface area contributed by atoms with Gasteiger partial charge < -0.3 is 14.8 Å². The molecule has 122 valence electrons. The topological polar surface area (TPSA) is 64.6 Å². The molecule has 0 radical (unpaired) electrons. The highest BCUT2D eigenvalue weighted by Gasteiger charge is 2.31. The SMILES string of the molecule is CC(C)(C)NC(=O)COC(=O)c1ccc(OC(F)(F)F)cc1. The van der Waals surface area contributed by atoms with Crippen molar-refractivity contribution in [3.8, 4) is 5.75 Å². The molecule has 1 aromatic carbocycles. The highest BCUT2D eigenvalue weighted by molar-refractivity contribution is 5.91. The van der Waals surface area contributed by atoms with Crippen molar-refractivity contribution in [3.63, 3.8) is 0 Å². The van der Waals surface area contributed by atoms with Gasteiger partial charge in [0.2, 0.25) is 0 Å². The molecule has 1 N–H and O–H groups in total. The van der Waals surface area contributed by atoms with Crippen molar-refractivity contribution >= 4 is 11.9 Å². The number of amides is 1. The predicted molar refractivity (Wildman–Crippen MR) is 71.3 cm³/mol. The van der Waals surface area contributed by atoms with Crippen molar-refractivity contribution in [1.82, 2.24) is 5.32 Å². The Hall–Kier alpha value is -2.25. The maximum absolute atomic E-state index is 12.0. The first-order chi connectivity index (χ1) is 9.96. The summed E-state index contributed by atoms with van der Waals surface area (Å²) >= 11 is 0. The average Bonchev–Trinajstić information content (AvgIpc) is 2.33. The summed E-state index contributed by atoms with van der Waals surface area (Å²) in [5, 5.41) is 2.60. The normalized spacial score (nSPS) is 11.7. The first-order valence-corrected chi connectivity index (χ1v) is 6.30.